The van der Waals surface area contributed by atoms with Gasteiger partial charge in [0.05, 0.1) is 21.8 Å². The summed E-state index contributed by atoms with van der Waals surface area (Å²) in [5.41, 5.74) is 8.92. The van der Waals surface area contributed by atoms with E-state index in [4.69, 9.17) is 38.9 Å². The first-order valence-corrected chi connectivity index (χ1v) is 12.4. The largest absolute Gasteiger partial charge is 0.328 e. The Morgan fingerprint density at radius 1 is 0.941 bits per heavy atom. The molecule has 4 aromatic rings. The number of hydrogen-bond donors (Lipinski definition) is 1. The average molecular weight is 498 g/mol. The van der Waals surface area contributed by atoms with Crippen LogP contribution in [0.5, 0.6) is 0 Å². The zero-order chi connectivity index (χ0) is 23.7. The smallest absolute Gasteiger partial charge is 0.164 e. The minimum Gasteiger partial charge on any atom is -0.328 e. The van der Waals surface area contributed by atoms with E-state index >= 15 is 0 Å². The van der Waals surface area contributed by atoms with Crippen molar-refractivity contribution in [1.82, 2.24) is 19.5 Å². The summed E-state index contributed by atoms with van der Waals surface area (Å²) in [6.07, 6.45) is 6.94. The van der Waals surface area contributed by atoms with Crippen molar-refractivity contribution in [3.63, 3.8) is 0 Å². The van der Waals surface area contributed by atoms with E-state index in [0.29, 0.717) is 57.1 Å². The number of halogens is 3. The van der Waals surface area contributed by atoms with Crippen LogP contribution in [0.3, 0.4) is 0 Å². The summed E-state index contributed by atoms with van der Waals surface area (Å²) in [5.74, 6) is 1.61. The van der Waals surface area contributed by atoms with Crippen LogP contribution >= 0.6 is 23.2 Å². The second-order valence-electron chi connectivity index (χ2n) is 9.01. The topological polar surface area (TPSA) is 69.6 Å². The first kappa shape index (κ1) is 23.2. The average Bonchev–Trinajstić information content (AvgIpc) is 3.17. The number of imidazole rings is 1. The maximum atomic E-state index is 14.1. The van der Waals surface area contributed by atoms with Gasteiger partial charge in [-0.2, -0.15) is 0 Å². The molecule has 5 rings (SSSR count). The molecular formula is C26H26Cl2FN5. The monoisotopic (exact) mass is 497 g/mol. The van der Waals surface area contributed by atoms with Gasteiger partial charge in [-0.3, -0.25) is 0 Å². The molecule has 0 unspecified atom stereocenters. The van der Waals surface area contributed by atoms with Crippen molar-refractivity contribution in [3.05, 3.63) is 75.9 Å². The minimum atomic E-state index is -0.209. The molecule has 2 aromatic carbocycles. The van der Waals surface area contributed by atoms with Crippen LogP contribution in [0.2, 0.25) is 10.0 Å². The van der Waals surface area contributed by atoms with Gasteiger partial charge in [0.25, 0.3) is 0 Å². The van der Waals surface area contributed by atoms with Crippen molar-refractivity contribution < 1.29 is 4.39 Å². The number of nitrogens with two attached hydrogens (primary N) is 1. The fourth-order valence-electron chi connectivity index (χ4n) is 4.73. The summed E-state index contributed by atoms with van der Waals surface area (Å²) in [4.78, 5) is 14.2. The molecule has 34 heavy (non-hydrogen) atoms. The zero-order valence-corrected chi connectivity index (χ0v) is 20.2. The molecule has 5 nitrogen and oxygen atoms in total. The third kappa shape index (κ3) is 4.81. The maximum absolute atomic E-state index is 14.1. The molecule has 1 saturated carbocycles. The van der Waals surface area contributed by atoms with Gasteiger partial charge in [0.15, 0.2) is 5.65 Å². The molecule has 1 aliphatic rings. The van der Waals surface area contributed by atoms with Gasteiger partial charge >= 0.3 is 0 Å². The van der Waals surface area contributed by atoms with Crippen LogP contribution in [0.15, 0.2) is 48.7 Å². The van der Waals surface area contributed by atoms with Gasteiger partial charge in [-0.15, -0.1) is 0 Å². The standard InChI is InChI=1S/C26H26Cl2FN5/c27-19-5-3-6-20(28)24(19)26-32-22-14-31-23(13-10-17-4-1-2-7-21(17)29)33-25(22)34(26)15-16-8-11-18(30)12-9-16/h1-7,14,16,18H,8-13,15,30H2. The number of hydrogen-bond acceptors (Lipinski definition) is 4. The second-order valence-corrected chi connectivity index (χ2v) is 9.82. The lowest BCUT2D eigenvalue weighted by Crippen LogP contribution is -2.28. The Morgan fingerprint density at radius 3 is 2.41 bits per heavy atom. The molecule has 2 N–H and O–H groups in total. The Morgan fingerprint density at radius 2 is 1.68 bits per heavy atom. The third-order valence-electron chi connectivity index (χ3n) is 6.63. The molecule has 0 saturated heterocycles. The molecule has 2 aromatic heterocycles. The van der Waals surface area contributed by atoms with Crippen LogP contribution in [0.25, 0.3) is 22.6 Å². The lowest BCUT2D eigenvalue weighted by Gasteiger charge is -2.27. The molecule has 0 atom stereocenters. The first-order valence-electron chi connectivity index (χ1n) is 11.6. The van der Waals surface area contributed by atoms with E-state index in [1.165, 1.54) is 6.07 Å². The lowest BCUT2D eigenvalue weighted by atomic mass is 9.86. The van der Waals surface area contributed by atoms with E-state index in [2.05, 4.69) is 9.55 Å². The number of aryl methyl sites for hydroxylation is 2. The summed E-state index contributed by atoms with van der Waals surface area (Å²) in [7, 11) is 0. The SMILES string of the molecule is NC1CCC(Cn2c(-c3c(Cl)cccc3Cl)nc3cnc(CCc4ccccc4F)nc32)CC1. The van der Waals surface area contributed by atoms with Crippen molar-refractivity contribution in [2.75, 3.05) is 0 Å². The van der Waals surface area contributed by atoms with E-state index < -0.39 is 0 Å². The highest BCUT2D eigenvalue weighted by Gasteiger charge is 2.24. The van der Waals surface area contributed by atoms with Crippen LogP contribution in [-0.2, 0) is 19.4 Å². The number of aromatic nitrogens is 4. The number of nitrogens with zero attached hydrogens (tertiary/aromatic N) is 4. The number of benzene rings is 2. The molecule has 0 bridgehead atoms. The molecule has 1 aliphatic carbocycles. The van der Waals surface area contributed by atoms with Gasteiger partial charge in [-0.05, 0) is 61.8 Å². The quantitative estimate of drug-likeness (QED) is 0.342. The van der Waals surface area contributed by atoms with Gasteiger partial charge in [0, 0.05) is 19.0 Å². The third-order valence-corrected chi connectivity index (χ3v) is 7.26. The molecule has 8 heteroatoms. The summed E-state index contributed by atoms with van der Waals surface area (Å²) < 4.78 is 16.2. The fourth-order valence-corrected chi connectivity index (χ4v) is 5.29. The van der Waals surface area contributed by atoms with E-state index in [1.54, 1.807) is 18.3 Å². The number of fused-ring (bicyclic) bond motifs is 1. The molecule has 2 heterocycles. The van der Waals surface area contributed by atoms with Crippen LogP contribution in [0.4, 0.5) is 4.39 Å². The predicted molar refractivity (Wildman–Crippen MR) is 135 cm³/mol. The van der Waals surface area contributed by atoms with E-state index in [9.17, 15) is 4.39 Å². The van der Waals surface area contributed by atoms with Crippen LogP contribution in [0.1, 0.15) is 37.1 Å². The van der Waals surface area contributed by atoms with Gasteiger partial charge in [-0.25, -0.2) is 19.3 Å². The van der Waals surface area contributed by atoms with Gasteiger partial charge in [0.1, 0.15) is 23.0 Å². The van der Waals surface area contributed by atoms with E-state index in [0.717, 1.165) is 37.9 Å². The Kier molecular flexibility index (Phi) is 6.82. The highest BCUT2D eigenvalue weighted by atomic mass is 35.5. The summed E-state index contributed by atoms with van der Waals surface area (Å²) in [6, 6.07) is 12.5. The summed E-state index contributed by atoms with van der Waals surface area (Å²) in [6.45, 7) is 0.754. The Labute approximate surface area is 208 Å². The summed E-state index contributed by atoms with van der Waals surface area (Å²) in [5, 5.41) is 1.09. The minimum absolute atomic E-state index is 0.209. The normalized spacial score (nSPS) is 18.5. The lowest BCUT2D eigenvalue weighted by molar-refractivity contribution is 0.297. The summed E-state index contributed by atoms with van der Waals surface area (Å²) >= 11 is 13.1. The Balaban J connectivity index is 1.53. The molecule has 0 radical (unpaired) electrons. The van der Waals surface area contributed by atoms with Gasteiger partial charge in [0.2, 0.25) is 0 Å². The predicted octanol–water partition coefficient (Wildman–Crippen LogP) is 6.24. The molecule has 0 spiro atoms. The molecule has 176 valence electrons. The van der Waals surface area contributed by atoms with Gasteiger partial charge < -0.3 is 10.3 Å². The Hall–Kier alpha value is -2.54. The van der Waals surface area contributed by atoms with Crippen LogP contribution in [-0.4, -0.2) is 25.6 Å². The van der Waals surface area contributed by atoms with Crippen molar-refractivity contribution in [3.8, 4) is 11.4 Å². The maximum Gasteiger partial charge on any atom is 0.164 e. The van der Waals surface area contributed by atoms with Crippen molar-refractivity contribution in [2.24, 2.45) is 11.7 Å². The second kappa shape index (κ2) is 9.98. The van der Waals surface area contributed by atoms with Crippen LogP contribution < -0.4 is 5.73 Å². The van der Waals surface area contributed by atoms with Crippen molar-refractivity contribution in [2.45, 2.75) is 51.1 Å². The van der Waals surface area contributed by atoms with E-state index in [-0.39, 0.29) is 11.9 Å². The molecule has 0 amide bonds. The Bertz CT molecular complexity index is 1290. The van der Waals surface area contributed by atoms with Crippen molar-refractivity contribution >= 4 is 34.4 Å². The number of rotatable bonds is 6. The van der Waals surface area contributed by atoms with Crippen LogP contribution in [0, 0.1) is 11.7 Å². The molecule has 0 aliphatic heterocycles. The fraction of sp³-hybridized carbons (Fsp3) is 0.346. The van der Waals surface area contributed by atoms with Crippen molar-refractivity contribution in [1.29, 1.82) is 0 Å². The van der Waals surface area contributed by atoms with E-state index in [1.807, 2.05) is 24.3 Å². The molecular weight excluding hydrogens is 472 g/mol. The zero-order valence-electron chi connectivity index (χ0n) is 18.7. The molecule has 1 fully saturated rings. The first-order chi connectivity index (χ1) is 16.5. The highest BCUT2D eigenvalue weighted by molar-refractivity contribution is 6.39. The highest BCUT2D eigenvalue weighted by Crippen LogP contribution is 2.37. The van der Waals surface area contributed by atoms with Gasteiger partial charge in [-0.1, -0.05) is 47.5 Å².